The third kappa shape index (κ3) is 4.17. The van der Waals surface area contributed by atoms with Gasteiger partial charge in [-0.05, 0) is 61.3 Å². The van der Waals surface area contributed by atoms with Crippen molar-refractivity contribution in [3.05, 3.63) is 95.6 Å². The van der Waals surface area contributed by atoms with E-state index in [2.05, 4.69) is 82.1 Å². The van der Waals surface area contributed by atoms with Crippen LogP contribution in [0.15, 0.2) is 72.9 Å². The van der Waals surface area contributed by atoms with Crippen LogP contribution in [-0.4, -0.2) is 39.2 Å². The van der Waals surface area contributed by atoms with Crippen LogP contribution < -0.4 is 5.32 Å². The summed E-state index contributed by atoms with van der Waals surface area (Å²) in [5, 5.41) is 6.49. The molecule has 4 aromatic rings. The number of carbonyl (C=O) groups is 1. The number of hydrogen-bond acceptors (Lipinski definition) is 4. The van der Waals surface area contributed by atoms with Crippen molar-refractivity contribution >= 4 is 34.1 Å². The smallest absolute Gasteiger partial charge is 0.307 e. The molecule has 35 heavy (non-hydrogen) atoms. The number of methoxy groups -OCH3 is 1. The first-order valence-corrected chi connectivity index (χ1v) is 12.1. The molecule has 0 amide bonds. The Kier molecular flexibility index (Phi) is 6.26. The van der Waals surface area contributed by atoms with Crippen LogP contribution >= 0.6 is 12.2 Å². The molecule has 0 radical (unpaired) electrons. The number of benzene rings is 2. The fourth-order valence-electron chi connectivity index (χ4n) is 5.16. The molecule has 2 aromatic heterocycles. The molecule has 1 aliphatic rings. The number of nitrogens with one attached hydrogen (secondary N) is 1. The van der Waals surface area contributed by atoms with Gasteiger partial charge >= 0.3 is 5.97 Å². The van der Waals surface area contributed by atoms with Crippen LogP contribution in [-0.2, 0) is 9.53 Å². The van der Waals surface area contributed by atoms with E-state index in [4.69, 9.17) is 17.0 Å². The lowest BCUT2D eigenvalue weighted by atomic mass is 9.96. The summed E-state index contributed by atoms with van der Waals surface area (Å²) in [7, 11) is 1.41. The van der Waals surface area contributed by atoms with E-state index in [9.17, 15) is 4.79 Å². The van der Waals surface area contributed by atoms with Crippen LogP contribution in [0.4, 0.5) is 0 Å². The molecule has 178 valence electrons. The zero-order chi connectivity index (χ0) is 24.5. The van der Waals surface area contributed by atoms with Gasteiger partial charge in [0.2, 0.25) is 0 Å². The second-order valence-electron chi connectivity index (χ2n) is 8.81. The van der Waals surface area contributed by atoms with Gasteiger partial charge in [-0.15, -0.1) is 0 Å². The highest BCUT2D eigenvalue weighted by Crippen LogP contribution is 2.42. The minimum atomic E-state index is -0.255. The fourth-order valence-corrected chi connectivity index (χ4v) is 5.49. The normalized spacial score (nSPS) is 17.6. The molecule has 2 atom stereocenters. The van der Waals surface area contributed by atoms with E-state index in [1.54, 1.807) is 6.20 Å². The zero-order valence-electron chi connectivity index (χ0n) is 20.1. The third-order valence-corrected chi connectivity index (χ3v) is 7.13. The molecular weight excluding hydrogens is 456 g/mol. The molecule has 2 aromatic carbocycles. The first-order chi connectivity index (χ1) is 17.0. The van der Waals surface area contributed by atoms with Gasteiger partial charge in [0.1, 0.15) is 0 Å². The largest absolute Gasteiger partial charge is 0.469 e. The standard InChI is InChI=1S/C28H28N4O2S/c1-18-17-22(19(2)32(18)24-13-8-10-20-9-4-5-11-21(20)24)27-26(23-12-6-7-15-29-23)30-28(35)31(27)16-14-25(33)34-3/h4-13,15,17,26-27H,14,16H2,1-3H3,(H,30,35)/t26-,27-/m0/s1. The summed E-state index contributed by atoms with van der Waals surface area (Å²) in [6.45, 7) is 4.75. The van der Waals surface area contributed by atoms with Crippen LogP contribution in [0.25, 0.3) is 16.5 Å². The van der Waals surface area contributed by atoms with Gasteiger partial charge in [-0.2, -0.15) is 0 Å². The molecule has 7 heteroatoms. The molecule has 1 N–H and O–H groups in total. The Morgan fingerprint density at radius 3 is 2.63 bits per heavy atom. The number of thiocarbonyl (C=S) groups is 1. The number of hydrogen-bond donors (Lipinski definition) is 1. The van der Waals surface area contributed by atoms with E-state index >= 15 is 0 Å². The average Bonchev–Trinajstić information content (AvgIpc) is 3.37. The quantitative estimate of drug-likeness (QED) is 0.301. The first-order valence-electron chi connectivity index (χ1n) is 11.7. The van der Waals surface area contributed by atoms with Gasteiger partial charge in [-0.25, -0.2) is 0 Å². The molecule has 1 aliphatic heterocycles. The maximum Gasteiger partial charge on any atom is 0.307 e. The van der Waals surface area contributed by atoms with Gasteiger partial charge in [0.25, 0.3) is 0 Å². The van der Waals surface area contributed by atoms with Crippen molar-refractivity contribution in [2.24, 2.45) is 0 Å². The van der Waals surface area contributed by atoms with E-state index in [-0.39, 0.29) is 24.5 Å². The topological polar surface area (TPSA) is 59.4 Å². The van der Waals surface area contributed by atoms with Gasteiger partial charge in [-0.1, -0.05) is 42.5 Å². The predicted octanol–water partition coefficient (Wildman–Crippen LogP) is 5.18. The summed E-state index contributed by atoms with van der Waals surface area (Å²) in [4.78, 5) is 18.7. The monoisotopic (exact) mass is 484 g/mol. The van der Waals surface area contributed by atoms with Crippen LogP contribution in [0.3, 0.4) is 0 Å². The Morgan fingerprint density at radius 1 is 1.09 bits per heavy atom. The Balaban J connectivity index is 1.63. The molecule has 6 nitrogen and oxygen atoms in total. The van der Waals surface area contributed by atoms with Crippen molar-refractivity contribution in [1.29, 1.82) is 0 Å². The van der Waals surface area contributed by atoms with Crippen molar-refractivity contribution in [3.63, 3.8) is 0 Å². The Morgan fingerprint density at radius 2 is 1.86 bits per heavy atom. The van der Waals surface area contributed by atoms with Crippen LogP contribution in [0, 0.1) is 13.8 Å². The average molecular weight is 485 g/mol. The van der Waals surface area contributed by atoms with Crippen molar-refractivity contribution in [2.45, 2.75) is 32.4 Å². The molecule has 0 saturated carbocycles. The molecule has 3 heterocycles. The summed E-state index contributed by atoms with van der Waals surface area (Å²) in [6, 6.07) is 22.7. The molecule has 1 fully saturated rings. The highest BCUT2D eigenvalue weighted by atomic mass is 32.1. The molecular formula is C28H28N4O2S. The maximum absolute atomic E-state index is 12.0. The zero-order valence-corrected chi connectivity index (χ0v) is 20.9. The number of aryl methyl sites for hydroxylation is 1. The van der Waals surface area contributed by atoms with Gasteiger partial charge < -0.3 is 19.5 Å². The first kappa shape index (κ1) is 23.1. The van der Waals surface area contributed by atoms with E-state index in [1.807, 2.05) is 18.2 Å². The Hall–Kier alpha value is -3.71. The number of nitrogens with zero attached hydrogens (tertiary/aromatic N) is 3. The number of rotatable bonds is 6. The lowest BCUT2D eigenvalue weighted by Crippen LogP contribution is -2.32. The second-order valence-corrected chi connectivity index (χ2v) is 9.19. The highest BCUT2D eigenvalue weighted by Gasteiger charge is 2.41. The highest BCUT2D eigenvalue weighted by molar-refractivity contribution is 7.80. The lowest BCUT2D eigenvalue weighted by molar-refractivity contribution is -0.140. The molecule has 0 bridgehead atoms. The van der Waals surface area contributed by atoms with Crippen molar-refractivity contribution in [1.82, 2.24) is 19.8 Å². The molecule has 0 aliphatic carbocycles. The van der Waals surface area contributed by atoms with E-state index in [0.29, 0.717) is 11.7 Å². The number of fused-ring (bicyclic) bond motifs is 1. The van der Waals surface area contributed by atoms with Crippen LogP contribution in [0.1, 0.15) is 41.1 Å². The summed E-state index contributed by atoms with van der Waals surface area (Å²) >= 11 is 5.75. The number of carbonyl (C=O) groups excluding carboxylic acids is 1. The summed E-state index contributed by atoms with van der Waals surface area (Å²) in [6.07, 6.45) is 2.05. The van der Waals surface area contributed by atoms with E-state index < -0.39 is 0 Å². The van der Waals surface area contributed by atoms with Gasteiger partial charge in [-0.3, -0.25) is 9.78 Å². The van der Waals surface area contributed by atoms with Crippen LogP contribution in [0.5, 0.6) is 0 Å². The number of ether oxygens (including phenoxy) is 1. The SMILES string of the molecule is COC(=O)CCN1C(=S)N[C@@H](c2ccccn2)[C@@H]1c1cc(C)n(-c2cccc3ccccc23)c1C. The molecule has 0 unspecified atom stereocenters. The Bertz CT molecular complexity index is 1390. The van der Waals surface area contributed by atoms with Gasteiger partial charge in [0, 0.05) is 29.5 Å². The summed E-state index contributed by atoms with van der Waals surface area (Å²) in [5.41, 5.74) is 5.49. The fraction of sp³-hybridized carbons (Fsp3) is 0.250. The van der Waals surface area contributed by atoms with Gasteiger partial charge in [0.05, 0.1) is 37.0 Å². The third-order valence-electron chi connectivity index (χ3n) is 6.78. The minimum absolute atomic E-state index is 0.114. The number of aromatic nitrogens is 2. The minimum Gasteiger partial charge on any atom is -0.469 e. The molecule has 0 spiro atoms. The van der Waals surface area contributed by atoms with E-state index in [1.165, 1.54) is 17.9 Å². The molecule has 1 saturated heterocycles. The summed E-state index contributed by atoms with van der Waals surface area (Å²) < 4.78 is 7.21. The molecule has 5 rings (SSSR count). The number of esters is 1. The second kappa shape index (κ2) is 9.50. The van der Waals surface area contributed by atoms with Crippen molar-refractivity contribution in [3.8, 4) is 5.69 Å². The predicted molar refractivity (Wildman–Crippen MR) is 142 cm³/mol. The van der Waals surface area contributed by atoms with Crippen molar-refractivity contribution < 1.29 is 9.53 Å². The van der Waals surface area contributed by atoms with Gasteiger partial charge in [0.15, 0.2) is 5.11 Å². The number of pyridine rings is 1. The maximum atomic E-state index is 12.0. The Labute approximate surface area is 210 Å². The van der Waals surface area contributed by atoms with Crippen LogP contribution in [0.2, 0.25) is 0 Å². The van der Waals surface area contributed by atoms with Crippen molar-refractivity contribution in [2.75, 3.05) is 13.7 Å². The lowest BCUT2D eigenvalue weighted by Gasteiger charge is -2.28. The summed E-state index contributed by atoms with van der Waals surface area (Å²) in [5.74, 6) is -0.255. The van der Waals surface area contributed by atoms with E-state index in [0.717, 1.165) is 28.3 Å².